The molecule has 1 aromatic rings. The van der Waals surface area contributed by atoms with Crippen LogP contribution in [-0.2, 0) is 0 Å². The van der Waals surface area contributed by atoms with E-state index >= 15 is 0 Å². The number of hydrogen-bond donors (Lipinski definition) is 0. The second-order valence-electron chi connectivity index (χ2n) is 2.56. The van der Waals surface area contributed by atoms with Crippen molar-refractivity contribution < 1.29 is 18.7 Å². The molecular weight excluding hydrogens is 182 g/mol. The summed E-state index contributed by atoms with van der Waals surface area (Å²) in [5, 5.41) is 13.8. The molecule has 4 nitrogen and oxygen atoms in total. The molecule has 0 N–H and O–H groups in total. The fraction of sp³-hybridized carbons (Fsp3) is 0.429. The fourth-order valence-corrected chi connectivity index (χ4v) is 1.15. The predicted molar refractivity (Wildman–Crippen MR) is 37.3 cm³/mol. The highest BCUT2D eigenvalue weighted by molar-refractivity contribution is 5.88. The average molecular weight is 189 g/mol. The molecule has 0 aliphatic rings. The Morgan fingerprint density at radius 2 is 2.08 bits per heavy atom. The van der Waals surface area contributed by atoms with E-state index in [9.17, 15) is 18.7 Å². The van der Waals surface area contributed by atoms with Crippen molar-refractivity contribution in [1.29, 1.82) is 0 Å². The Bertz CT molecular complexity index is 347. The number of hydrogen-bond acceptors (Lipinski definition) is 3. The highest BCUT2D eigenvalue weighted by atomic mass is 19.3. The molecular formula is C7H7F2N2O2-. The first-order chi connectivity index (χ1) is 5.95. The summed E-state index contributed by atoms with van der Waals surface area (Å²) in [5.74, 6) is -1.48. The lowest BCUT2D eigenvalue weighted by Gasteiger charge is -2.03. The van der Waals surface area contributed by atoms with Gasteiger partial charge in [-0.2, -0.15) is 13.9 Å². The Kier molecular flexibility index (Phi) is 2.31. The van der Waals surface area contributed by atoms with Gasteiger partial charge in [-0.3, -0.25) is 0 Å². The van der Waals surface area contributed by atoms with Crippen LogP contribution >= 0.6 is 0 Å². The molecule has 6 heteroatoms. The van der Waals surface area contributed by atoms with Gasteiger partial charge in [0, 0.05) is 5.56 Å². The van der Waals surface area contributed by atoms with Crippen molar-refractivity contribution in [1.82, 2.24) is 9.78 Å². The molecule has 13 heavy (non-hydrogen) atoms. The lowest BCUT2D eigenvalue weighted by Crippen LogP contribution is -2.23. The van der Waals surface area contributed by atoms with Gasteiger partial charge in [-0.25, -0.2) is 4.68 Å². The van der Waals surface area contributed by atoms with E-state index in [1.165, 1.54) is 13.8 Å². The Morgan fingerprint density at radius 1 is 1.54 bits per heavy atom. The van der Waals surface area contributed by atoms with Crippen molar-refractivity contribution in [2.45, 2.75) is 20.4 Å². The zero-order valence-corrected chi connectivity index (χ0v) is 7.04. The number of aromatic carboxylic acids is 1. The zero-order chi connectivity index (χ0) is 10.2. The van der Waals surface area contributed by atoms with E-state index in [2.05, 4.69) is 5.10 Å². The van der Waals surface area contributed by atoms with Gasteiger partial charge in [-0.1, -0.05) is 0 Å². The van der Waals surface area contributed by atoms with Gasteiger partial charge in [-0.15, -0.1) is 0 Å². The van der Waals surface area contributed by atoms with E-state index in [0.29, 0.717) is 4.68 Å². The number of alkyl halides is 2. The maximum Gasteiger partial charge on any atom is 0.333 e. The molecule has 1 aromatic heterocycles. The largest absolute Gasteiger partial charge is 0.545 e. The number of nitrogens with zero attached hydrogens (tertiary/aromatic N) is 2. The minimum Gasteiger partial charge on any atom is -0.545 e. The molecule has 0 radical (unpaired) electrons. The molecule has 0 atom stereocenters. The Labute approximate surface area is 72.8 Å². The number of carboxylic acid groups (broad SMARTS) is 1. The van der Waals surface area contributed by atoms with Crippen molar-refractivity contribution in [3.05, 3.63) is 17.0 Å². The maximum absolute atomic E-state index is 12.2. The van der Waals surface area contributed by atoms with Gasteiger partial charge in [0.25, 0.3) is 0 Å². The monoisotopic (exact) mass is 189 g/mol. The number of carbonyl (C=O) groups is 1. The van der Waals surface area contributed by atoms with Gasteiger partial charge < -0.3 is 9.90 Å². The molecule has 0 fully saturated rings. The van der Waals surface area contributed by atoms with Gasteiger partial charge in [0.1, 0.15) is 0 Å². The van der Waals surface area contributed by atoms with Gasteiger partial charge >= 0.3 is 6.55 Å². The highest BCUT2D eigenvalue weighted by Crippen LogP contribution is 2.18. The molecule has 72 valence electrons. The summed E-state index contributed by atoms with van der Waals surface area (Å²) in [7, 11) is 0. The molecule has 1 rings (SSSR count). The van der Waals surface area contributed by atoms with Gasteiger partial charge in [0.05, 0.1) is 17.4 Å². The van der Waals surface area contributed by atoms with Crippen LogP contribution in [0.15, 0.2) is 0 Å². The van der Waals surface area contributed by atoms with E-state index in [0.717, 1.165) is 0 Å². The van der Waals surface area contributed by atoms with Crippen LogP contribution in [0.4, 0.5) is 8.78 Å². The van der Waals surface area contributed by atoms with Crippen molar-refractivity contribution in [3.63, 3.8) is 0 Å². The van der Waals surface area contributed by atoms with Gasteiger partial charge in [0.2, 0.25) is 0 Å². The van der Waals surface area contributed by atoms with Crippen molar-refractivity contribution in [2.75, 3.05) is 0 Å². The average Bonchev–Trinajstić information content (AvgIpc) is 2.26. The van der Waals surface area contributed by atoms with Crippen molar-refractivity contribution in [2.24, 2.45) is 0 Å². The third-order valence-electron chi connectivity index (χ3n) is 1.71. The van der Waals surface area contributed by atoms with Crippen molar-refractivity contribution >= 4 is 5.97 Å². The summed E-state index contributed by atoms with van der Waals surface area (Å²) in [5.41, 5.74) is -0.314. The number of carbonyl (C=O) groups excluding carboxylic acids is 1. The minimum atomic E-state index is -2.83. The number of aromatic nitrogens is 2. The molecule has 1 heterocycles. The summed E-state index contributed by atoms with van der Waals surface area (Å²) < 4.78 is 24.7. The molecule has 0 saturated heterocycles. The lowest BCUT2D eigenvalue weighted by atomic mass is 10.2. The lowest BCUT2D eigenvalue weighted by molar-refractivity contribution is -0.255. The van der Waals surface area contributed by atoms with Crippen LogP contribution in [0.25, 0.3) is 0 Å². The number of carboxylic acids is 1. The third-order valence-corrected chi connectivity index (χ3v) is 1.71. The molecule has 0 spiro atoms. The normalized spacial score (nSPS) is 10.8. The Hall–Kier alpha value is -1.46. The summed E-state index contributed by atoms with van der Waals surface area (Å²) in [4.78, 5) is 10.5. The quantitative estimate of drug-likeness (QED) is 0.670. The van der Waals surface area contributed by atoms with E-state index < -0.39 is 12.5 Å². The van der Waals surface area contributed by atoms with Crippen LogP contribution < -0.4 is 5.11 Å². The molecule has 0 aliphatic heterocycles. The highest BCUT2D eigenvalue weighted by Gasteiger charge is 2.17. The number of rotatable bonds is 2. The SMILES string of the molecule is Cc1nn(C(F)F)c(C)c1C(=O)[O-]. The molecule has 0 aliphatic carbocycles. The summed E-state index contributed by atoms with van der Waals surface area (Å²) in [6.45, 7) is -0.222. The van der Waals surface area contributed by atoms with E-state index in [1.807, 2.05) is 0 Å². The Balaban J connectivity index is 3.30. The predicted octanol–water partition coefficient (Wildman–Crippen LogP) is 0.259. The van der Waals surface area contributed by atoms with Gasteiger partial charge in [0.15, 0.2) is 0 Å². The second kappa shape index (κ2) is 3.12. The fourth-order valence-electron chi connectivity index (χ4n) is 1.15. The first-order valence-electron chi connectivity index (χ1n) is 3.50. The summed E-state index contributed by atoms with van der Waals surface area (Å²) in [6.07, 6.45) is 0. The molecule has 0 saturated carbocycles. The van der Waals surface area contributed by atoms with Gasteiger partial charge in [-0.05, 0) is 13.8 Å². The minimum absolute atomic E-state index is 0.0396. The van der Waals surface area contributed by atoms with Crippen molar-refractivity contribution in [3.8, 4) is 0 Å². The van der Waals surface area contributed by atoms with Crippen LogP contribution in [0, 0.1) is 13.8 Å². The first-order valence-corrected chi connectivity index (χ1v) is 3.50. The number of aryl methyl sites for hydroxylation is 1. The van der Waals surface area contributed by atoms with E-state index in [-0.39, 0.29) is 17.0 Å². The topological polar surface area (TPSA) is 58.0 Å². The first kappa shape index (κ1) is 9.63. The Morgan fingerprint density at radius 3 is 2.31 bits per heavy atom. The standard InChI is InChI=1S/C7H8F2N2O2/c1-3-5(6(12)13)4(2)11(10-3)7(8)9/h7H,1-2H3,(H,12,13)/p-1. The summed E-state index contributed by atoms with van der Waals surface area (Å²) in [6, 6.07) is 0. The van der Waals surface area contributed by atoms with Crippen LogP contribution in [0.1, 0.15) is 28.3 Å². The summed E-state index contributed by atoms with van der Waals surface area (Å²) >= 11 is 0. The van der Waals surface area contributed by atoms with Crippen LogP contribution in [-0.4, -0.2) is 15.7 Å². The molecule has 0 aromatic carbocycles. The number of halogens is 2. The van der Waals surface area contributed by atoms with Crippen LogP contribution in [0.5, 0.6) is 0 Å². The molecule has 0 unspecified atom stereocenters. The third kappa shape index (κ3) is 1.51. The maximum atomic E-state index is 12.2. The second-order valence-corrected chi connectivity index (χ2v) is 2.56. The van der Waals surface area contributed by atoms with E-state index in [1.54, 1.807) is 0 Å². The van der Waals surface area contributed by atoms with Crippen LogP contribution in [0.3, 0.4) is 0 Å². The smallest absolute Gasteiger partial charge is 0.333 e. The molecule has 0 bridgehead atoms. The van der Waals surface area contributed by atoms with Crippen LogP contribution in [0.2, 0.25) is 0 Å². The zero-order valence-electron chi connectivity index (χ0n) is 7.04. The molecule has 0 amide bonds. The van der Waals surface area contributed by atoms with E-state index in [4.69, 9.17) is 0 Å².